The zero-order chi connectivity index (χ0) is 22.8. The summed E-state index contributed by atoms with van der Waals surface area (Å²) in [7, 11) is 4.80. The minimum absolute atomic E-state index is 0.0133. The molecule has 31 heavy (non-hydrogen) atoms. The maximum absolute atomic E-state index is 12.8. The molecule has 7 nitrogen and oxygen atoms in total. The van der Waals surface area contributed by atoms with E-state index in [0.717, 1.165) is 5.56 Å². The molecule has 0 saturated carbocycles. The molecule has 2 aromatic rings. The summed E-state index contributed by atoms with van der Waals surface area (Å²) >= 11 is 0. The van der Waals surface area contributed by atoms with Gasteiger partial charge in [0.1, 0.15) is 11.5 Å². The number of ether oxygens (including phenoxy) is 2. The van der Waals surface area contributed by atoms with Gasteiger partial charge in [0.15, 0.2) is 5.96 Å². The summed E-state index contributed by atoms with van der Waals surface area (Å²) in [5, 5.41) is 6.22. The Morgan fingerprint density at radius 2 is 1.87 bits per heavy atom. The van der Waals surface area contributed by atoms with Crippen LogP contribution in [0.1, 0.15) is 24.1 Å². The highest BCUT2D eigenvalue weighted by molar-refractivity contribution is 5.86. The topological polar surface area (TPSA) is 75.2 Å². The van der Waals surface area contributed by atoms with Crippen molar-refractivity contribution in [1.29, 1.82) is 0 Å². The second kappa shape index (κ2) is 11.7. The molecule has 9 heteroatoms. The fourth-order valence-corrected chi connectivity index (χ4v) is 2.68. The van der Waals surface area contributed by atoms with Gasteiger partial charge in [0.05, 0.1) is 26.2 Å². The third kappa shape index (κ3) is 7.76. The molecule has 0 aliphatic heterocycles. The number of rotatable bonds is 9. The van der Waals surface area contributed by atoms with E-state index in [-0.39, 0.29) is 30.8 Å². The maximum atomic E-state index is 12.8. The van der Waals surface area contributed by atoms with Gasteiger partial charge in [-0.05, 0) is 30.7 Å². The fourth-order valence-electron chi connectivity index (χ4n) is 2.68. The monoisotopic (exact) mass is 434 g/mol. The molecular weight excluding hydrogens is 406 g/mol. The number of amides is 1. The van der Waals surface area contributed by atoms with Crippen LogP contribution in [0.2, 0.25) is 0 Å². The number of carbonyl (C=O) groups is 1. The second-order valence-corrected chi connectivity index (χ2v) is 6.94. The molecule has 0 spiro atoms. The molecule has 1 atom stereocenters. The van der Waals surface area contributed by atoms with Crippen molar-refractivity contribution in [3.8, 4) is 11.5 Å². The SMILES string of the molecule is COc1ccc(OC(F)F)c(CN=C(NCC(=O)N(C)C)NC(C)c2ccccc2)c1. The van der Waals surface area contributed by atoms with Gasteiger partial charge in [-0.2, -0.15) is 8.78 Å². The third-order valence-electron chi connectivity index (χ3n) is 4.45. The molecule has 0 aliphatic carbocycles. The van der Waals surface area contributed by atoms with Gasteiger partial charge < -0.3 is 25.0 Å². The highest BCUT2D eigenvalue weighted by atomic mass is 19.3. The Kier molecular flexibility index (Phi) is 9.05. The molecule has 1 unspecified atom stereocenters. The highest BCUT2D eigenvalue weighted by Gasteiger charge is 2.13. The maximum Gasteiger partial charge on any atom is 0.387 e. The largest absolute Gasteiger partial charge is 0.497 e. The van der Waals surface area contributed by atoms with Crippen LogP contribution in [0.15, 0.2) is 53.5 Å². The molecular formula is C22H28F2N4O3. The van der Waals surface area contributed by atoms with Crippen LogP contribution in [0.25, 0.3) is 0 Å². The summed E-state index contributed by atoms with van der Waals surface area (Å²) < 4.78 is 35.3. The number of halogens is 2. The second-order valence-electron chi connectivity index (χ2n) is 6.94. The summed E-state index contributed by atoms with van der Waals surface area (Å²) in [6, 6.07) is 14.2. The summed E-state index contributed by atoms with van der Waals surface area (Å²) in [6.45, 7) is -0.940. The number of nitrogens with zero attached hydrogens (tertiary/aromatic N) is 2. The fraction of sp³-hybridized carbons (Fsp3) is 0.364. The number of methoxy groups -OCH3 is 1. The normalized spacial score (nSPS) is 12.3. The summed E-state index contributed by atoms with van der Waals surface area (Å²) in [4.78, 5) is 17.9. The van der Waals surface area contributed by atoms with Crippen molar-refractivity contribution in [2.24, 2.45) is 4.99 Å². The van der Waals surface area contributed by atoms with Crippen LogP contribution in [-0.4, -0.2) is 51.1 Å². The van der Waals surface area contributed by atoms with E-state index in [1.165, 1.54) is 24.1 Å². The van der Waals surface area contributed by atoms with E-state index in [0.29, 0.717) is 17.3 Å². The Morgan fingerprint density at radius 1 is 1.16 bits per heavy atom. The predicted octanol–water partition coefficient (Wildman–Crippen LogP) is 3.18. The number of guanidine groups is 1. The van der Waals surface area contributed by atoms with Gasteiger partial charge in [-0.1, -0.05) is 30.3 Å². The zero-order valence-corrected chi connectivity index (χ0v) is 18.1. The van der Waals surface area contributed by atoms with Crippen LogP contribution < -0.4 is 20.1 Å². The van der Waals surface area contributed by atoms with Gasteiger partial charge in [0, 0.05) is 19.7 Å². The lowest BCUT2D eigenvalue weighted by Crippen LogP contribution is -2.43. The lowest BCUT2D eigenvalue weighted by atomic mass is 10.1. The molecule has 0 radical (unpaired) electrons. The first kappa shape index (κ1) is 23.9. The van der Waals surface area contributed by atoms with E-state index in [1.54, 1.807) is 20.2 Å². The highest BCUT2D eigenvalue weighted by Crippen LogP contribution is 2.26. The molecule has 2 N–H and O–H groups in total. The quantitative estimate of drug-likeness (QED) is 0.468. The molecule has 2 rings (SSSR count). The number of hydrogen-bond acceptors (Lipinski definition) is 4. The van der Waals surface area contributed by atoms with E-state index in [9.17, 15) is 13.6 Å². The summed E-state index contributed by atoms with van der Waals surface area (Å²) in [5.41, 5.74) is 1.45. The van der Waals surface area contributed by atoms with Crippen molar-refractivity contribution < 1.29 is 23.0 Å². The van der Waals surface area contributed by atoms with Gasteiger partial charge in [0.2, 0.25) is 5.91 Å². The Bertz CT molecular complexity index is 876. The van der Waals surface area contributed by atoms with Gasteiger partial charge in [-0.15, -0.1) is 0 Å². The van der Waals surface area contributed by atoms with Crippen molar-refractivity contribution in [2.75, 3.05) is 27.7 Å². The van der Waals surface area contributed by atoms with Gasteiger partial charge in [0.25, 0.3) is 0 Å². The van der Waals surface area contributed by atoms with E-state index in [4.69, 9.17) is 4.74 Å². The van der Waals surface area contributed by atoms with Crippen LogP contribution in [0.3, 0.4) is 0 Å². The molecule has 0 heterocycles. The number of hydrogen-bond donors (Lipinski definition) is 2. The number of likely N-dealkylation sites (N-methyl/N-ethyl adjacent to an activating group) is 1. The van der Waals surface area contributed by atoms with E-state index >= 15 is 0 Å². The summed E-state index contributed by atoms with van der Waals surface area (Å²) in [6.07, 6.45) is 0. The number of benzene rings is 2. The average molecular weight is 434 g/mol. The van der Waals surface area contributed by atoms with Crippen LogP contribution in [0, 0.1) is 0 Å². The zero-order valence-electron chi connectivity index (χ0n) is 18.1. The standard InChI is InChI=1S/C22H28F2N4O3/c1-15(16-8-6-5-7-9-16)27-22(26-14-20(29)28(2)3)25-13-17-12-18(30-4)10-11-19(17)31-21(23)24/h5-12,15,21H,13-14H2,1-4H3,(H2,25,26,27). The minimum Gasteiger partial charge on any atom is -0.497 e. The van der Waals surface area contributed by atoms with Crippen LogP contribution in [-0.2, 0) is 11.3 Å². The third-order valence-corrected chi connectivity index (χ3v) is 4.45. The number of alkyl halides is 2. The van der Waals surface area contributed by atoms with Gasteiger partial charge in [-0.3, -0.25) is 4.79 Å². The van der Waals surface area contributed by atoms with Gasteiger partial charge in [-0.25, -0.2) is 4.99 Å². The van der Waals surface area contributed by atoms with Crippen molar-refractivity contribution in [1.82, 2.24) is 15.5 Å². The lowest BCUT2D eigenvalue weighted by Gasteiger charge is -2.20. The predicted molar refractivity (Wildman–Crippen MR) is 115 cm³/mol. The van der Waals surface area contributed by atoms with E-state index in [2.05, 4.69) is 20.4 Å². The number of carbonyl (C=O) groups excluding carboxylic acids is 1. The molecule has 2 aromatic carbocycles. The molecule has 0 bridgehead atoms. The average Bonchev–Trinajstić information content (AvgIpc) is 2.76. The minimum atomic E-state index is -2.96. The molecule has 0 fully saturated rings. The number of nitrogens with one attached hydrogen (secondary N) is 2. The Balaban J connectivity index is 2.24. The molecule has 0 saturated heterocycles. The Morgan fingerprint density at radius 3 is 2.48 bits per heavy atom. The first-order valence-electron chi connectivity index (χ1n) is 9.71. The molecule has 0 aliphatic rings. The van der Waals surface area contributed by atoms with Crippen molar-refractivity contribution in [3.63, 3.8) is 0 Å². The van der Waals surface area contributed by atoms with Crippen molar-refractivity contribution in [2.45, 2.75) is 26.1 Å². The van der Waals surface area contributed by atoms with Crippen LogP contribution in [0.5, 0.6) is 11.5 Å². The van der Waals surface area contributed by atoms with E-state index in [1.807, 2.05) is 37.3 Å². The summed E-state index contributed by atoms with van der Waals surface area (Å²) in [5.74, 6) is 0.733. The Labute approximate surface area is 181 Å². The molecule has 1 amide bonds. The smallest absolute Gasteiger partial charge is 0.387 e. The first-order chi connectivity index (χ1) is 14.8. The van der Waals surface area contributed by atoms with E-state index < -0.39 is 6.61 Å². The van der Waals surface area contributed by atoms with Crippen LogP contribution >= 0.6 is 0 Å². The first-order valence-corrected chi connectivity index (χ1v) is 9.71. The van der Waals surface area contributed by atoms with Crippen molar-refractivity contribution in [3.05, 3.63) is 59.7 Å². The molecule has 168 valence electrons. The Hall–Kier alpha value is -3.36. The lowest BCUT2D eigenvalue weighted by molar-refractivity contribution is -0.127. The molecule has 0 aromatic heterocycles. The van der Waals surface area contributed by atoms with Crippen molar-refractivity contribution >= 4 is 11.9 Å². The van der Waals surface area contributed by atoms with Crippen LogP contribution in [0.4, 0.5) is 8.78 Å². The number of aliphatic imine (C=N–C) groups is 1. The van der Waals surface area contributed by atoms with Gasteiger partial charge >= 0.3 is 6.61 Å².